The maximum atomic E-state index is 11.0. The van der Waals surface area contributed by atoms with Crippen molar-refractivity contribution in [3.8, 4) is 0 Å². The van der Waals surface area contributed by atoms with Crippen LogP contribution in [-0.2, 0) is 11.3 Å². The van der Waals surface area contributed by atoms with Gasteiger partial charge in [0.15, 0.2) is 0 Å². The lowest BCUT2D eigenvalue weighted by Crippen LogP contribution is -2.35. The van der Waals surface area contributed by atoms with E-state index in [2.05, 4.69) is 11.1 Å². The summed E-state index contributed by atoms with van der Waals surface area (Å²) in [5.41, 5.74) is 3.36. The molecule has 1 aromatic carbocycles. The summed E-state index contributed by atoms with van der Waals surface area (Å²) in [5, 5.41) is 10.2. The minimum Gasteiger partial charge on any atom is -0.480 e. The van der Waals surface area contributed by atoms with Crippen LogP contribution in [0.4, 0.5) is 0 Å². The Hall–Kier alpha value is -1.81. The molecule has 0 saturated heterocycles. The average Bonchev–Trinajstić information content (AvgIpc) is 2.65. The minimum absolute atomic E-state index is 0.488. The molecule has 4 nitrogen and oxygen atoms in total. The molecule has 4 heteroatoms. The van der Waals surface area contributed by atoms with E-state index in [1.54, 1.807) is 6.92 Å². The first-order valence-corrected chi connectivity index (χ1v) is 6.00. The van der Waals surface area contributed by atoms with Crippen molar-refractivity contribution in [1.29, 1.82) is 0 Å². The molecule has 18 heavy (non-hydrogen) atoms. The number of carbonyl (C=O) groups is 1. The normalized spacial score (nSPS) is 13.1. The van der Waals surface area contributed by atoms with E-state index >= 15 is 0 Å². The number of carboxylic acids is 1. The van der Waals surface area contributed by atoms with Gasteiger partial charge in [-0.2, -0.15) is 0 Å². The third kappa shape index (κ3) is 2.24. The van der Waals surface area contributed by atoms with Crippen LogP contribution in [0.5, 0.6) is 0 Å². The second-order valence-electron chi connectivity index (χ2n) is 4.70. The van der Waals surface area contributed by atoms with Crippen LogP contribution in [-0.4, -0.2) is 34.0 Å². The van der Waals surface area contributed by atoms with E-state index in [9.17, 15) is 4.79 Å². The molecule has 0 fully saturated rings. The number of aromatic nitrogens is 1. The van der Waals surface area contributed by atoms with E-state index in [0.29, 0.717) is 6.54 Å². The van der Waals surface area contributed by atoms with E-state index in [-0.39, 0.29) is 0 Å². The van der Waals surface area contributed by atoms with Gasteiger partial charge in [0.2, 0.25) is 0 Å². The standard InChI is InChI=1S/C14H18N2O2/c1-9-12(8-16(3)10(2)14(17)18)11-6-4-5-7-13(11)15-9/h4-7,10,15H,8H2,1-3H3,(H,17,18). The first-order chi connectivity index (χ1) is 8.50. The molecule has 2 rings (SSSR count). The molecule has 0 aliphatic rings. The van der Waals surface area contributed by atoms with E-state index in [4.69, 9.17) is 5.11 Å². The molecule has 1 heterocycles. The molecule has 0 aliphatic heterocycles. The van der Waals surface area contributed by atoms with Crippen LogP contribution >= 0.6 is 0 Å². The molecule has 1 atom stereocenters. The van der Waals surface area contributed by atoms with Gasteiger partial charge >= 0.3 is 5.97 Å². The Bertz CT molecular complexity index is 574. The topological polar surface area (TPSA) is 56.3 Å². The second-order valence-corrected chi connectivity index (χ2v) is 4.70. The number of aryl methyl sites for hydroxylation is 1. The van der Waals surface area contributed by atoms with Crippen LogP contribution in [0, 0.1) is 6.92 Å². The van der Waals surface area contributed by atoms with Gasteiger partial charge in [-0.15, -0.1) is 0 Å². The smallest absolute Gasteiger partial charge is 0.320 e. The summed E-state index contributed by atoms with van der Waals surface area (Å²) in [5.74, 6) is -0.796. The fourth-order valence-electron chi connectivity index (χ4n) is 2.11. The number of carboxylic acid groups (broad SMARTS) is 1. The van der Waals surface area contributed by atoms with E-state index < -0.39 is 12.0 Å². The zero-order valence-corrected chi connectivity index (χ0v) is 10.9. The van der Waals surface area contributed by atoms with Crippen molar-refractivity contribution in [2.24, 2.45) is 0 Å². The monoisotopic (exact) mass is 246 g/mol. The van der Waals surface area contributed by atoms with E-state index in [0.717, 1.165) is 11.2 Å². The summed E-state index contributed by atoms with van der Waals surface area (Å²) < 4.78 is 0. The van der Waals surface area contributed by atoms with Gasteiger partial charge in [-0.05, 0) is 32.5 Å². The third-order valence-corrected chi connectivity index (χ3v) is 3.45. The molecular formula is C14H18N2O2. The van der Waals surface area contributed by atoms with Crippen LogP contribution in [0.15, 0.2) is 24.3 Å². The summed E-state index contributed by atoms with van der Waals surface area (Å²) in [7, 11) is 1.83. The van der Waals surface area contributed by atoms with Crippen LogP contribution in [0.25, 0.3) is 10.9 Å². The molecule has 1 unspecified atom stereocenters. The maximum Gasteiger partial charge on any atom is 0.320 e. The number of rotatable bonds is 4. The Morgan fingerprint density at radius 1 is 1.44 bits per heavy atom. The molecule has 0 radical (unpaired) electrons. The predicted octanol–water partition coefficient (Wildman–Crippen LogP) is 2.38. The van der Waals surface area contributed by atoms with Crippen molar-refractivity contribution >= 4 is 16.9 Å². The summed E-state index contributed by atoms with van der Waals surface area (Å²) in [6.07, 6.45) is 0. The number of hydrogen-bond acceptors (Lipinski definition) is 2. The largest absolute Gasteiger partial charge is 0.480 e. The van der Waals surface area contributed by atoms with Crippen molar-refractivity contribution in [2.75, 3.05) is 7.05 Å². The van der Waals surface area contributed by atoms with Gasteiger partial charge in [0.05, 0.1) is 0 Å². The van der Waals surface area contributed by atoms with Gasteiger partial charge in [0.25, 0.3) is 0 Å². The first kappa shape index (κ1) is 12.6. The number of fused-ring (bicyclic) bond motifs is 1. The molecule has 96 valence electrons. The Morgan fingerprint density at radius 3 is 2.78 bits per heavy atom. The van der Waals surface area contributed by atoms with Crippen LogP contribution in [0.2, 0.25) is 0 Å². The predicted molar refractivity (Wildman–Crippen MR) is 71.6 cm³/mol. The molecule has 2 N–H and O–H groups in total. The van der Waals surface area contributed by atoms with Gasteiger partial charge < -0.3 is 10.1 Å². The van der Waals surface area contributed by atoms with E-state index in [1.807, 2.05) is 37.1 Å². The zero-order chi connectivity index (χ0) is 13.3. The molecule has 0 saturated carbocycles. The summed E-state index contributed by atoms with van der Waals surface area (Å²) in [6, 6.07) is 7.60. The number of benzene rings is 1. The Morgan fingerprint density at radius 2 is 2.11 bits per heavy atom. The average molecular weight is 246 g/mol. The van der Waals surface area contributed by atoms with Gasteiger partial charge in [-0.1, -0.05) is 18.2 Å². The molecule has 0 aliphatic carbocycles. The highest BCUT2D eigenvalue weighted by molar-refractivity contribution is 5.84. The van der Waals surface area contributed by atoms with Gasteiger partial charge in [-0.25, -0.2) is 0 Å². The zero-order valence-electron chi connectivity index (χ0n) is 10.9. The lowest BCUT2D eigenvalue weighted by atomic mass is 10.1. The summed E-state index contributed by atoms with van der Waals surface area (Å²) >= 11 is 0. The quantitative estimate of drug-likeness (QED) is 0.870. The number of hydrogen-bond donors (Lipinski definition) is 2. The van der Waals surface area contributed by atoms with Gasteiger partial charge in [-0.3, -0.25) is 9.69 Å². The maximum absolute atomic E-state index is 11.0. The third-order valence-electron chi connectivity index (χ3n) is 3.45. The summed E-state index contributed by atoms with van der Waals surface area (Å²) in [4.78, 5) is 16.1. The fraction of sp³-hybridized carbons (Fsp3) is 0.357. The van der Waals surface area contributed by atoms with Crippen LogP contribution < -0.4 is 0 Å². The number of likely N-dealkylation sites (N-methyl/N-ethyl adjacent to an activating group) is 1. The SMILES string of the molecule is Cc1[nH]c2ccccc2c1CN(C)C(C)C(=O)O. The highest BCUT2D eigenvalue weighted by Gasteiger charge is 2.19. The molecule has 0 bridgehead atoms. The number of H-pyrrole nitrogens is 1. The molecule has 0 amide bonds. The van der Waals surface area contributed by atoms with Crippen molar-refractivity contribution in [3.05, 3.63) is 35.5 Å². The van der Waals surface area contributed by atoms with Crippen LogP contribution in [0.3, 0.4) is 0 Å². The first-order valence-electron chi connectivity index (χ1n) is 6.00. The van der Waals surface area contributed by atoms with Gasteiger partial charge in [0, 0.05) is 23.1 Å². The lowest BCUT2D eigenvalue weighted by Gasteiger charge is -2.21. The summed E-state index contributed by atoms with van der Waals surface area (Å²) in [6.45, 7) is 4.35. The van der Waals surface area contributed by atoms with Crippen molar-refractivity contribution in [3.63, 3.8) is 0 Å². The number of para-hydroxylation sites is 1. The minimum atomic E-state index is -0.796. The molecule has 1 aromatic heterocycles. The van der Waals surface area contributed by atoms with Gasteiger partial charge in [0.1, 0.15) is 6.04 Å². The molecule has 2 aromatic rings. The van der Waals surface area contributed by atoms with Crippen molar-refractivity contribution < 1.29 is 9.90 Å². The second kappa shape index (κ2) is 4.82. The van der Waals surface area contributed by atoms with Crippen LogP contribution in [0.1, 0.15) is 18.2 Å². The Balaban J connectivity index is 2.31. The Kier molecular flexibility index (Phi) is 3.39. The Labute approximate surface area is 106 Å². The number of aliphatic carboxylic acids is 1. The highest BCUT2D eigenvalue weighted by Crippen LogP contribution is 2.23. The highest BCUT2D eigenvalue weighted by atomic mass is 16.4. The number of nitrogens with one attached hydrogen (secondary N) is 1. The molecular weight excluding hydrogens is 228 g/mol. The number of aromatic amines is 1. The molecule has 0 spiro atoms. The van der Waals surface area contributed by atoms with Crippen molar-refractivity contribution in [2.45, 2.75) is 26.4 Å². The van der Waals surface area contributed by atoms with Crippen molar-refractivity contribution in [1.82, 2.24) is 9.88 Å². The van der Waals surface area contributed by atoms with E-state index in [1.165, 1.54) is 10.9 Å². The lowest BCUT2D eigenvalue weighted by molar-refractivity contribution is -0.142. The fourth-order valence-corrected chi connectivity index (χ4v) is 2.11. The number of nitrogens with zero attached hydrogens (tertiary/aromatic N) is 1.